The molecule has 2 heteroatoms. The van der Waals surface area contributed by atoms with Crippen LogP contribution in [-0.4, -0.2) is 5.11 Å². The van der Waals surface area contributed by atoms with Crippen molar-refractivity contribution in [3.63, 3.8) is 0 Å². The molecule has 2 nitrogen and oxygen atoms in total. The lowest BCUT2D eigenvalue weighted by Crippen LogP contribution is -2.39. The smallest absolute Gasteiger partial charge is 0.124 e. The van der Waals surface area contributed by atoms with E-state index in [9.17, 15) is 5.11 Å². The monoisotopic (exact) mass is 261 g/mol. The molecular formula is C17H27NO. The minimum Gasteiger partial charge on any atom is -0.507 e. The van der Waals surface area contributed by atoms with Gasteiger partial charge in [-0.15, -0.1) is 0 Å². The van der Waals surface area contributed by atoms with Crippen molar-refractivity contribution in [3.05, 3.63) is 28.8 Å². The highest BCUT2D eigenvalue weighted by Gasteiger charge is 2.34. The van der Waals surface area contributed by atoms with Crippen molar-refractivity contribution < 1.29 is 5.11 Å². The van der Waals surface area contributed by atoms with Crippen molar-refractivity contribution in [1.82, 2.24) is 0 Å². The number of aromatic hydroxyl groups is 1. The Morgan fingerprint density at radius 3 is 2.21 bits per heavy atom. The van der Waals surface area contributed by atoms with Gasteiger partial charge >= 0.3 is 0 Å². The predicted octanol–water partition coefficient (Wildman–Crippen LogP) is 4.12. The second-order valence-corrected chi connectivity index (χ2v) is 7.18. The molecule has 0 saturated heterocycles. The fourth-order valence-corrected chi connectivity index (χ4v) is 3.18. The van der Waals surface area contributed by atoms with Crippen LogP contribution in [0.15, 0.2) is 12.1 Å². The first-order chi connectivity index (χ1) is 8.74. The third-order valence-electron chi connectivity index (χ3n) is 4.34. The Kier molecular flexibility index (Phi) is 3.65. The SMILES string of the molecule is Cc1cc(C(C)(C)C)c(O)c(C2(N)CCCCC2)c1. The standard InChI is InChI=1S/C17H27NO/c1-12-10-13(16(2,3)4)15(19)14(11-12)17(18)8-6-5-7-9-17/h10-11,19H,5-9,18H2,1-4H3. The molecule has 0 radical (unpaired) electrons. The molecule has 1 aliphatic carbocycles. The van der Waals surface area contributed by atoms with Gasteiger partial charge in [-0.1, -0.05) is 57.7 Å². The molecular weight excluding hydrogens is 234 g/mol. The van der Waals surface area contributed by atoms with E-state index in [1.165, 1.54) is 12.0 Å². The Morgan fingerprint density at radius 2 is 1.68 bits per heavy atom. The summed E-state index contributed by atoms with van der Waals surface area (Å²) in [5.74, 6) is 0.419. The Labute approximate surface area is 117 Å². The first-order valence-electron chi connectivity index (χ1n) is 7.37. The number of aryl methyl sites for hydroxylation is 1. The van der Waals surface area contributed by atoms with Crippen LogP contribution in [0.5, 0.6) is 5.75 Å². The largest absolute Gasteiger partial charge is 0.507 e. The zero-order chi connectivity index (χ0) is 14.3. The molecule has 0 aliphatic heterocycles. The summed E-state index contributed by atoms with van der Waals surface area (Å²) in [6, 6.07) is 4.17. The molecule has 3 N–H and O–H groups in total. The first kappa shape index (κ1) is 14.4. The second kappa shape index (κ2) is 4.82. The third-order valence-corrected chi connectivity index (χ3v) is 4.34. The molecule has 0 spiro atoms. The number of rotatable bonds is 1. The fraction of sp³-hybridized carbons (Fsp3) is 0.647. The number of nitrogens with two attached hydrogens (primary N) is 1. The molecule has 1 aliphatic rings. The van der Waals surface area contributed by atoms with E-state index in [1.54, 1.807) is 0 Å². The number of phenols is 1. The van der Waals surface area contributed by atoms with Crippen LogP contribution in [-0.2, 0) is 11.0 Å². The van der Waals surface area contributed by atoms with Gasteiger partial charge in [-0.2, -0.15) is 0 Å². The molecule has 1 aromatic carbocycles. The molecule has 0 bridgehead atoms. The van der Waals surface area contributed by atoms with Crippen LogP contribution in [0.1, 0.15) is 69.6 Å². The van der Waals surface area contributed by atoms with Crippen molar-refractivity contribution >= 4 is 0 Å². The lowest BCUT2D eigenvalue weighted by Gasteiger charge is -2.36. The van der Waals surface area contributed by atoms with Gasteiger partial charge in [0.1, 0.15) is 5.75 Å². The molecule has 106 valence electrons. The molecule has 1 fully saturated rings. The zero-order valence-corrected chi connectivity index (χ0v) is 12.7. The molecule has 0 atom stereocenters. The first-order valence-corrected chi connectivity index (χ1v) is 7.37. The van der Waals surface area contributed by atoms with E-state index in [2.05, 4.69) is 39.8 Å². The maximum Gasteiger partial charge on any atom is 0.124 e. The van der Waals surface area contributed by atoms with Gasteiger partial charge in [0.15, 0.2) is 0 Å². The van der Waals surface area contributed by atoms with Crippen LogP contribution >= 0.6 is 0 Å². The molecule has 0 amide bonds. The highest BCUT2D eigenvalue weighted by molar-refractivity contribution is 5.50. The highest BCUT2D eigenvalue weighted by Crippen LogP contribution is 2.43. The number of phenolic OH excluding ortho intramolecular Hbond substituents is 1. The van der Waals surface area contributed by atoms with E-state index in [-0.39, 0.29) is 11.0 Å². The number of hydrogen-bond acceptors (Lipinski definition) is 2. The van der Waals surface area contributed by atoms with E-state index in [0.29, 0.717) is 5.75 Å². The molecule has 2 rings (SSSR count). The van der Waals surface area contributed by atoms with E-state index in [0.717, 1.165) is 36.8 Å². The van der Waals surface area contributed by atoms with Gasteiger partial charge in [-0.25, -0.2) is 0 Å². The van der Waals surface area contributed by atoms with Gasteiger partial charge in [0, 0.05) is 11.1 Å². The molecule has 1 saturated carbocycles. The average molecular weight is 261 g/mol. The molecule has 0 unspecified atom stereocenters. The average Bonchev–Trinajstić information content (AvgIpc) is 2.31. The summed E-state index contributed by atoms with van der Waals surface area (Å²) >= 11 is 0. The van der Waals surface area contributed by atoms with Gasteiger partial charge in [0.05, 0.1) is 0 Å². The Hall–Kier alpha value is -1.02. The van der Waals surface area contributed by atoms with Crippen LogP contribution in [0.25, 0.3) is 0 Å². The molecule has 0 heterocycles. The van der Waals surface area contributed by atoms with Gasteiger partial charge < -0.3 is 10.8 Å². The summed E-state index contributed by atoms with van der Waals surface area (Å²) in [6.45, 7) is 8.49. The van der Waals surface area contributed by atoms with Gasteiger partial charge in [-0.3, -0.25) is 0 Å². The molecule has 1 aromatic rings. The Bertz CT molecular complexity index is 465. The summed E-state index contributed by atoms with van der Waals surface area (Å²) in [6.07, 6.45) is 5.54. The van der Waals surface area contributed by atoms with Gasteiger partial charge in [-0.05, 0) is 30.7 Å². The van der Waals surface area contributed by atoms with Crippen molar-refractivity contribution in [3.8, 4) is 5.75 Å². The lowest BCUT2D eigenvalue weighted by molar-refractivity contribution is 0.290. The summed E-state index contributed by atoms with van der Waals surface area (Å²) in [5.41, 5.74) is 9.36. The van der Waals surface area contributed by atoms with Crippen molar-refractivity contribution in [2.24, 2.45) is 5.73 Å². The van der Waals surface area contributed by atoms with Crippen molar-refractivity contribution in [2.75, 3.05) is 0 Å². The van der Waals surface area contributed by atoms with E-state index in [4.69, 9.17) is 5.73 Å². The van der Waals surface area contributed by atoms with Crippen LogP contribution in [0.4, 0.5) is 0 Å². The summed E-state index contributed by atoms with van der Waals surface area (Å²) in [5, 5.41) is 10.7. The maximum atomic E-state index is 10.7. The summed E-state index contributed by atoms with van der Waals surface area (Å²) in [7, 11) is 0. The quantitative estimate of drug-likeness (QED) is 0.799. The molecule has 0 aromatic heterocycles. The Morgan fingerprint density at radius 1 is 1.11 bits per heavy atom. The van der Waals surface area contributed by atoms with Gasteiger partial charge in [0.2, 0.25) is 0 Å². The second-order valence-electron chi connectivity index (χ2n) is 7.18. The Balaban J connectivity index is 2.54. The highest BCUT2D eigenvalue weighted by atomic mass is 16.3. The van der Waals surface area contributed by atoms with Crippen molar-refractivity contribution in [1.29, 1.82) is 0 Å². The van der Waals surface area contributed by atoms with Crippen LogP contribution in [0.2, 0.25) is 0 Å². The van der Waals surface area contributed by atoms with E-state index >= 15 is 0 Å². The van der Waals surface area contributed by atoms with E-state index in [1.807, 2.05) is 0 Å². The minimum atomic E-state index is -0.339. The van der Waals surface area contributed by atoms with Crippen LogP contribution < -0.4 is 5.73 Å². The minimum absolute atomic E-state index is 0.0596. The number of hydrogen-bond donors (Lipinski definition) is 2. The normalized spacial score (nSPS) is 19.4. The van der Waals surface area contributed by atoms with Crippen LogP contribution in [0.3, 0.4) is 0 Å². The topological polar surface area (TPSA) is 46.2 Å². The van der Waals surface area contributed by atoms with Crippen molar-refractivity contribution in [2.45, 2.75) is 70.8 Å². The van der Waals surface area contributed by atoms with Gasteiger partial charge in [0.25, 0.3) is 0 Å². The zero-order valence-electron chi connectivity index (χ0n) is 12.7. The molecule has 19 heavy (non-hydrogen) atoms. The van der Waals surface area contributed by atoms with E-state index < -0.39 is 0 Å². The number of benzene rings is 1. The summed E-state index contributed by atoms with van der Waals surface area (Å²) < 4.78 is 0. The fourth-order valence-electron chi connectivity index (χ4n) is 3.18. The third kappa shape index (κ3) is 2.79. The maximum absolute atomic E-state index is 10.7. The van der Waals surface area contributed by atoms with Crippen LogP contribution in [0, 0.1) is 6.92 Å². The lowest BCUT2D eigenvalue weighted by atomic mass is 9.74. The summed E-state index contributed by atoms with van der Waals surface area (Å²) in [4.78, 5) is 0. The predicted molar refractivity (Wildman–Crippen MR) is 80.5 cm³/mol.